The van der Waals surface area contributed by atoms with E-state index in [1.807, 2.05) is 29.2 Å². The fourth-order valence-electron chi connectivity index (χ4n) is 1.82. The Kier molecular flexibility index (Phi) is 2.82. The van der Waals surface area contributed by atoms with Crippen LogP contribution in [0.2, 0.25) is 5.02 Å². The first-order valence-electron chi connectivity index (χ1n) is 5.07. The smallest absolute Gasteiger partial charge is 0.196 e. The normalized spacial score (nSPS) is 20.5. The molecule has 0 saturated carbocycles. The lowest BCUT2D eigenvalue weighted by Gasteiger charge is -2.25. The van der Waals surface area contributed by atoms with Crippen LogP contribution in [0, 0.1) is 0 Å². The van der Waals surface area contributed by atoms with Crippen LogP contribution in [0.5, 0.6) is 0 Å². The topological polar surface area (TPSA) is 41.6 Å². The molecule has 1 aromatic rings. The van der Waals surface area contributed by atoms with Gasteiger partial charge in [0, 0.05) is 10.7 Å². The zero-order chi connectivity index (χ0) is 10.8. The molecule has 2 rings (SSSR count). The number of hydrogen-bond acceptors (Lipinski definition) is 3. The van der Waals surface area contributed by atoms with Crippen molar-refractivity contribution in [3.05, 3.63) is 29.3 Å². The van der Waals surface area contributed by atoms with E-state index in [0.717, 1.165) is 23.7 Å². The summed E-state index contributed by atoms with van der Waals surface area (Å²) in [7, 11) is 0. The number of rotatable bonds is 2. The molecule has 3 nitrogen and oxygen atoms in total. The lowest BCUT2D eigenvalue weighted by Crippen LogP contribution is -2.40. The van der Waals surface area contributed by atoms with Crippen molar-refractivity contribution in [2.24, 2.45) is 10.7 Å². The summed E-state index contributed by atoms with van der Waals surface area (Å²) < 4.78 is 0. The summed E-state index contributed by atoms with van der Waals surface area (Å²) >= 11 is 5.95. The number of nitrogens with two attached hydrogens (primary N) is 1. The van der Waals surface area contributed by atoms with Crippen LogP contribution < -0.4 is 10.6 Å². The largest absolute Gasteiger partial charge is 0.370 e. The van der Waals surface area contributed by atoms with Crippen LogP contribution in [-0.2, 0) is 0 Å². The van der Waals surface area contributed by atoms with Gasteiger partial charge in [0.15, 0.2) is 5.96 Å². The van der Waals surface area contributed by atoms with Gasteiger partial charge in [-0.2, -0.15) is 0 Å². The fraction of sp³-hybridized carbons (Fsp3) is 0.364. The first-order chi connectivity index (χ1) is 7.22. The number of hydrogen-bond donors (Lipinski definition) is 1. The first-order valence-corrected chi connectivity index (χ1v) is 5.45. The standard InChI is InChI=1S/C11H14ClN3/c1-2-9-7-14-11(13)15(9)10-5-3-4-8(12)6-10/h3-6,9H,2,7H2,1H3,(H2,13,14). The van der Waals surface area contributed by atoms with E-state index < -0.39 is 0 Å². The molecule has 1 unspecified atom stereocenters. The predicted octanol–water partition coefficient (Wildman–Crippen LogP) is 2.25. The predicted molar refractivity (Wildman–Crippen MR) is 64.5 cm³/mol. The molecular formula is C11H14ClN3. The van der Waals surface area contributed by atoms with Crippen molar-refractivity contribution < 1.29 is 0 Å². The molecule has 4 heteroatoms. The molecular weight excluding hydrogens is 210 g/mol. The molecule has 0 bridgehead atoms. The Balaban J connectivity index is 2.32. The molecule has 1 aliphatic rings. The van der Waals surface area contributed by atoms with Gasteiger partial charge in [-0.25, -0.2) is 0 Å². The monoisotopic (exact) mass is 223 g/mol. The Morgan fingerprint density at radius 3 is 3.07 bits per heavy atom. The maximum absolute atomic E-state index is 5.95. The Bertz CT molecular complexity index is 389. The number of benzene rings is 1. The maximum atomic E-state index is 5.95. The molecule has 0 spiro atoms. The van der Waals surface area contributed by atoms with Crippen LogP contribution in [0.1, 0.15) is 13.3 Å². The highest BCUT2D eigenvalue weighted by atomic mass is 35.5. The van der Waals surface area contributed by atoms with Gasteiger partial charge >= 0.3 is 0 Å². The zero-order valence-corrected chi connectivity index (χ0v) is 9.41. The molecule has 0 saturated heterocycles. The minimum Gasteiger partial charge on any atom is -0.370 e. The van der Waals surface area contributed by atoms with Gasteiger partial charge in [-0.05, 0) is 24.6 Å². The van der Waals surface area contributed by atoms with Crippen molar-refractivity contribution in [2.45, 2.75) is 19.4 Å². The fourth-order valence-corrected chi connectivity index (χ4v) is 2.01. The van der Waals surface area contributed by atoms with Gasteiger partial charge in [-0.3, -0.25) is 4.99 Å². The van der Waals surface area contributed by atoms with E-state index in [1.165, 1.54) is 0 Å². The second-order valence-electron chi connectivity index (χ2n) is 3.61. The van der Waals surface area contributed by atoms with Gasteiger partial charge in [-0.15, -0.1) is 0 Å². The van der Waals surface area contributed by atoms with Crippen molar-refractivity contribution in [2.75, 3.05) is 11.4 Å². The van der Waals surface area contributed by atoms with Crippen LogP contribution in [0.4, 0.5) is 5.69 Å². The number of aliphatic imine (C=N–C) groups is 1. The Morgan fingerprint density at radius 1 is 1.60 bits per heavy atom. The summed E-state index contributed by atoms with van der Waals surface area (Å²) in [5, 5.41) is 0.724. The molecule has 15 heavy (non-hydrogen) atoms. The molecule has 80 valence electrons. The lowest BCUT2D eigenvalue weighted by molar-refractivity contribution is 0.684. The lowest BCUT2D eigenvalue weighted by atomic mass is 10.2. The summed E-state index contributed by atoms with van der Waals surface area (Å²) in [6.45, 7) is 2.91. The average Bonchev–Trinajstić information content (AvgIpc) is 2.59. The van der Waals surface area contributed by atoms with E-state index in [9.17, 15) is 0 Å². The minimum absolute atomic E-state index is 0.364. The molecule has 1 aromatic carbocycles. The number of nitrogens with zero attached hydrogens (tertiary/aromatic N) is 2. The molecule has 1 aliphatic heterocycles. The van der Waals surface area contributed by atoms with E-state index in [2.05, 4.69) is 11.9 Å². The second-order valence-corrected chi connectivity index (χ2v) is 4.05. The van der Waals surface area contributed by atoms with E-state index in [4.69, 9.17) is 17.3 Å². The van der Waals surface area contributed by atoms with Gasteiger partial charge < -0.3 is 10.6 Å². The molecule has 1 heterocycles. The number of anilines is 1. The van der Waals surface area contributed by atoms with Crippen molar-refractivity contribution >= 4 is 23.2 Å². The van der Waals surface area contributed by atoms with Crippen LogP contribution in [0.15, 0.2) is 29.3 Å². The number of halogens is 1. The SMILES string of the molecule is CCC1CN=C(N)N1c1cccc(Cl)c1. The molecule has 0 aromatic heterocycles. The summed E-state index contributed by atoms with van der Waals surface area (Å²) in [6.07, 6.45) is 1.02. The third-order valence-electron chi connectivity index (χ3n) is 2.63. The van der Waals surface area contributed by atoms with Gasteiger partial charge in [0.25, 0.3) is 0 Å². The zero-order valence-electron chi connectivity index (χ0n) is 8.65. The summed E-state index contributed by atoms with van der Waals surface area (Å²) in [6, 6.07) is 8.06. The molecule has 0 fully saturated rings. The van der Waals surface area contributed by atoms with Gasteiger partial charge in [0.2, 0.25) is 0 Å². The third-order valence-corrected chi connectivity index (χ3v) is 2.87. The number of guanidine groups is 1. The molecule has 2 N–H and O–H groups in total. The molecule has 0 amide bonds. The van der Waals surface area contributed by atoms with Crippen LogP contribution >= 0.6 is 11.6 Å². The summed E-state index contributed by atoms with van der Waals surface area (Å²) in [5.74, 6) is 0.587. The van der Waals surface area contributed by atoms with E-state index in [1.54, 1.807) is 0 Å². The summed E-state index contributed by atoms with van der Waals surface area (Å²) in [4.78, 5) is 6.30. The maximum Gasteiger partial charge on any atom is 0.196 e. The highest BCUT2D eigenvalue weighted by Crippen LogP contribution is 2.24. The Hall–Kier alpha value is -1.22. The van der Waals surface area contributed by atoms with Crippen LogP contribution in [-0.4, -0.2) is 18.5 Å². The highest BCUT2D eigenvalue weighted by molar-refractivity contribution is 6.30. The molecule has 0 aliphatic carbocycles. The third kappa shape index (κ3) is 1.92. The van der Waals surface area contributed by atoms with Crippen molar-refractivity contribution in [1.29, 1.82) is 0 Å². The Labute approximate surface area is 94.5 Å². The van der Waals surface area contributed by atoms with Crippen molar-refractivity contribution in [3.63, 3.8) is 0 Å². The van der Waals surface area contributed by atoms with Gasteiger partial charge in [0.1, 0.15) is 0 Å². The quantitative estimate of drug-likeness (QED) is 0.836. The van der Waals surface area contributed by atoms with Crippen LogP contribution in [0.3, 0.4) is 0 Å². The van der Waals surface area contributed by atoms with E-state index in [0.29, 0.717) is 12.0 Å². The van der Waals surface area contributed by atoms with Crippen LogP contribution in [0.25, 0.3) is 0 Å². The minimum atomic E-state index is 0.364. The first kappa shape index (κ1) is 10.3. The molecule has 1 atom stereocenters. The average molecular weight is 224 g/mol. The second kappa shape index (κ2) is 4.11. The Morgan fingerprint density at radius 2 is 2.40 bits per heavy atom. The van der Waals surface area contributed by atoms with Gasteiger partial charge in [-0.1, -0.05) is 24.6 Å². The highest BCUT2D eigenvalue weighted by Gasteiger charge is 2.25. The van der Waals surface area contributed by atoms with E-state index >= 15 is 0 Å². The van der Waals surface area contributed by atoms with Crippen molar-refractivity contribution in [3.8, 4) is 0 Å². The van der Waals surface area contributed by atoms with Gasteiger partial charge in [0.05, 0.1) is 12.6 Å². The summed E-state index contributed by atoms with van der Waals surface area (Å²) in [5.41, 5.74) is 6.88. The van der Waals surface area contributed by atoms with E-state index in [-0.39, 0.29) is 0 Å². The van der Waals surface area contributed by atoms with Crippen molar-refractivity contribution in [1.82, 2.24) is 0 Å². The molecule has 0 radical (unpaired) electrons.